The van der Waals surface area contributed by atoms with Crippen LogP contribution in [0.5, 0.6) is 5.75 Å². The van der Waals surface area contributed by atoms with Gasteiger partial charge in [-0.3, -0.25) is 9.78 Å². The summed E-state index contributed by atoms with van der Waals surface area (Å²) in [5, 5.41) is 10.0. The molecule has 2 aliphatic rings. The lowest BCUT2D eigenvalue weighted by molar-refractivity contribution is 0.0659. The highest BCUT2D eigenvalue weighted by atomic mass is 16.5. The zero-order valence-corrected chi connectivity index (χ0v) is 22.1. The highest BCUT2D eigenvalue weighted by molar-refractivity contribution is 5.98. The number of pyridine rings is 1. The Bertz CT molecular complexity index is 1540. The van der Waals surface area contributed by atoms with E-state index in [2.05, 4.69) is 39.0 Å². The lowest BCUT2D eigenvalue weighted by Gasteiger charge is -2.32. The van der Waals surface area contributed by atoms with Crippen molar-refractivity contribution in [2.24, 2.45) is 5.41 Å². The standard InChI is InChI=1S/C30H31N7O2/c1-36-12-14-37(15-13-36)29(38)27-18-22-16-21(2-3-24(22)34-27)17-28-33-11-5-25(35-28)26-19-23(4-10-32-26)39-20-30(6-7-30)8-9-31/h2-5,10-11,16,18-19,34H,6-8,12-15,17,20H2,1H3. The summed E-state index contributed by atoms with van der Waals surface area (Å²) in [6.45, 7) is 3.82. The van der Waals surface area contributed by atoms with Gasteiger partial charge in [-0.1, -0.05) is 6.07 Å². The predicted octanol–water partition coefficient (Wildman–Crippen LogP) is 4.07. The molecular weight excluding hydrogens is 490 g/mol. The van der Waals surface area contributed by atoms with E-state index < -0.39 is 0 Å². The summed E-state index contributed by atoms with van der Waals surface area (Å²) in [4.78, 5) is 34.2. The monoisotopic (exact) mass is 521 g/mol. The second-order valence-corrected chi connectivity index (χ2v) is 10.7. The number of rotatable bonds is 8. The maximum Gasteiger partial charge on any atom is 0.270 e. The summed E-state index contributed by atoms with van der Waals surface area (Å²) in [7, 11) is 2.08. The Balaban J connectivity index is 1.15. The summed E-state index contributed by atoms with van der Waals surface area (Å²) >= 11 is 0. The molecule has 9 nitrogen and oxygen atoms in total. The molecule has 1 amide bonds. The van der Waals surface area contributed by atoms with E-state index in [1.807, 2.05) is 41.3 Å². The minimum atomic E-state index is 0.0134. The number of nitriles is 1. The van der Waals surface area contributed by atoms with E-state index in [0.29, 0.717) is 31.0 Å². The smallest absolute Gasteiger partial charge is 0.270 e. The molecule has 1 aliphatic carbocycles. The van der Waals surface area contributed by atoms with Crippen LogP contribution in [0.15, 0.2) is 54.9 Å². The van der Waals surface area contributed by atoms with Crippen molar-refractivity contribution in [3.63, 3.8) is 0 Å². The molecule has 2 fully saturated rings. The highest BCUT2D eigenvalue weighted by Crippen LogP contribution is 2.48. The van der Waals surface area contributed by atoms with Crippen LogP contribution in [0.1, 0.15) is 41.1 Å². The fraction of sp³-hybridized carbons (Fsp3) is 0.367. The number of ether oxygens (including phenoxy) is 1. The number of aromatic nitrogens is 4. The third-order valence-electron chi connectivity index (χ3n) is 7.72. The van der Waals surface area contributed by atoms with Crippen LogP contribution >= 0.6 is 0 Å². The van der Waals surface area contributed by atoms with E-state index in [9.17, 15) is 4.79 Å². The first kappa shape index (κ1) is 25.0. The van der Waals surface area contributed by atoms with Gasteiger partial charge in [0.15, 0.2) is 0 Å². The Hall–Kier alpha value is -4.29. The summed E-state index contributed by atoms with van der Waals surface area (Å²) < 4.78 is 6.01. The molecule has 9 heteroatoms. The number of nitrogens with one attached hydrogen (secondary N) is 1. The highest BCUT2D eigenvalue weighted by Gasteiger charge is 2.43. The first-order chi connectivity index (χ1) is 19.0. The van der Waals surface area contributed by atoms with Crippen molar-refractivity contribution >= 4 is 16.8 Å². The first-order valence-electron chi connectivity index (χ1n) is 13.4. The Kier molecular flexibility index (Phi) is 6.71. The van der Waals surface area contributed by atoms with Crippen molar-refractivity contribution in [1.29, 1.82) is 5.26 Å². The molecule has 3 aromatic heterocycles. The zero-order chi connectivity index (χ0) is 26.8. The van der Waals surface area contributed by atoms with Crippen molar-refractivity contribution in [2.45, 2.75) is 25.7 Å². The van der Waals surface area contributed by atoms with Gasteiger partial charge in [0.05, 0.1) is 24.1 Å². The van der Waals surface area contributed by atoms with E-state index in [-0.39, 0.29) is 11.3 Å². The van der Waals surface area contributed by atoms with Gasteiger partial charge in [-0.15, -0.1) is 0 Å². The largest absolute Gasteiger partial charge is 0.493 e. The van der Waals surface area contributed by atoms with Crippen LogP contribution in [-0.4, -0.2) is 75.5 Å². The van der Waals surface area contributed by atoms with Crippen LogP contribution in [0, 0.1) is 16.7 Å². The summed E-state index contributed by atoms with van der Waals surface area (Å²) in [6.07, 6.45) is 6.64. The zero-order valence-electron chi connectivity index (χ0n) is 22.1. The first-order valence-corrected chi connectivity index (χ1v) is 13.4. The minimum absolute atomic E-state index is 0.0134. The molecule has 39 heavy (non-hydrogen) atoms. The number of fused-ring (bicyclic) bond motifs is 1. The molecule has 1 aliphatic heterocycles. The summed E-state index contributed by atoms with van der Waals surface area (Å²) in [5.41, 5.74) is 4.09. The number of benzene rings is 1. The van der Waals surface area contributed by atoms with Gasteiger partial charge >= 0.3 is 0 Å². The Morgan fingerprint density at radius 1 is 1.05 bits per heavy atom. The fourth-order valence-electron chi connectivity index (χ4n) is 4.99. The van der Waals surface area contributed by atoms with E-state index in [4.69, 9.17) is 15.0 Å². The quantitative estimate of drug-likeness (QED) is 0.372. The number of nitrogens with zero attached hydrogens (tertiary/aromatic N) is 6. The molecule has 1 aromatic carbocycles. The molecule has 0 atom stereocenters. The molecule has 1 saturated heterocycles. The molecule has 198 valence electrons. The van der Waals surface area contributed by atoms with Crippen molar-refractivity contribution in [1.82, 2.24) is 29.7 Å². The minimum Gasteiger partial charge on any atom is -0.493 e. The van der Waals surface area contributed by atoms with Crippen LogP contribution in [0.25, 0.3) is 22.3 Å². The number of likely N-dealkylation sites (N-methyl/N-ethyl adjacent to an activating group) is 1. The van der Waals surface area contributed by atoms with Gasteiger partial charge in [0, 0.05) is 73.8 Å². The molecule has 4 aromatic rings. The van der Waals surface area contributed by atoms with Gasteiger partial charge in [-0.25, -0.2) is 9.97 Å². The lowest BCUT2D eigenvalue weighted by atomic mass is 10.1. The van der Waals surface area contributed by atoms with Crippen LogP contribution < -0.4 is 4.74 Å². The molecule has 0 radical (unpaired) electrons. The van der Waals surface area contributed by atoms with Crippen LogP contribution in [-0.2, 0) is 6.42 Å². The van der Waals surface area contributed by atoms with Gasteiger partial charge in [-0.05, 0) is 55.8 Å². The van der Waals surface area contributed by atoms with Crippen LogP contribution in [0.3, 0.4) is 0 Å². The molecule has 4 heterocycles. The van der Waals surface area contributed by atoms with Crippen LogP contribution in [0.4, 0.5) is 0 Å². The average Bonchev–Trinajstić information content (AvgIpc) is 3.59. The second-order valence-electron chi connectivity index (χ2n) is 10.7. The van der Waals surface area contributed by atoms with E-state index in [1.165, 1.54) is 0 Å². The van der Waals surface area contributed by atoms with Crippen molar-refractivity contribution in [3.8, 4) is 23.2 Å². The molecule has 0 spiro atoms. The topological polar surface area (TPSA) is 111 Å². The van der Waals surface area contributed by atoms with Crippen molar-refractivity contribution in [2.75, 3.05) is 39.8 Å². The van der Waals surface area contributed by atoms with Crippen molar-refractivity contribution < 1.29 is 9.53 Å². The fourth-order valence-corrected chi connectivity index (χ4v) is 4.99. The maximum atomic E-state index is 13.0. The number of aromatic amines is 1. The van der Waals surface area contributed by atoms with E-state index in [1.54, 1.807) is 12.4 Å². The predicted molar refractivity (Wildman–Crippen MR) is 147 cm³/mol. The Morgan fingerprint density at radius 2 is 1.87 bits per heavy atom. The van der Waals surface area contributed by atoms with Gasteiger partial charge in [0.2, 0.25) is 0 Å². The van der Waals surface area contributed by atoms with E-state index >= 15 is 0 Å². The lowest BCUT2D eigenvalue weighted by Crippen LogP contribution is -2.47. The molecule has 1 saturated carbocycles. The summed E-state index contributed by atoms with van der Waals surface area (Å²) in [5.74, 6) is 1.47. The van der Waals surface area contributed by atoms with Crippen LogP contribution in [0.2, 0.25) is 0 Å². The number of H-pyrrole nitrogens is 1. The Morgan fingerprint density at radius 3 is 2.67 bits per heavy atom. The summed E-state index contributed by atoms with van der Waals surface area (Å²) in [6, 6.07) is 15.9. The third kappa shape index (κ3) is 5.61. The van der Waals surface area contributed by atoms with Crippen molar-refractivity contribution in [3.05, 3.63) is 71.9 Å². The second kappa shape index (κ2) is 10.5. The van der Waals surface area contributed by atoms with Gasteiger partial charge < -0.3 is 19.5 Å². The molecular formula is C30H31N7O2. The number of hydrogen-bond acceptors (Lipinski definition) is 7. The van der Waals surface area contributed by atoms with Gasteiger partial charge in [-0.2, -0.15) is 5.26 Å². The number of carbonyl (C=O) groups is 1. The maximum absolute atomic E-state index is 13.0. The third-order valence-corrected chi connectivity index (χ3v) is 7.72. The number of piperazine rings is 1. The number of hydrogen-bond donors (Lipinski definition) is 1. The Labute approximate surface area is 227 Å². The molecule has 6 rings (SSSR count). The molecule has 1 N–H and O–H groups in total. The number of carbonyl (C=O) groups excluding carboxylic acids is 1. The van der Waals surface area contributed by atoms with Gasteiger partial charge in [0.1, 0.15) is 17.3 Å². The normalized spacial score (nSPS) is 16.7. The molecule has 0 unspecified atom stereocenters. The van der Waals surface area contributed by atoms with Gasteiger partial charge in [0.25, 0.3) is 5.91 Å². The SMILES string of the molecule is CN1CCN(C(=O)c2cc3cc(Cc4nccc(-c5cc(OCC6(CC#N)CC6)ccn5)n4)ccc3[nH]2)CC1. The van der Waals surface area contributed by atoms with E-state index in [0.717, 1.165) is 72.6 Å². The number of amides is 1. The average molecular weight is 522 g/mol. The molecule has 0 bridgehead atoms.